The van der Waals surface area contributed by atoms with Gasteiger partial charge < -0.3 is 24.6 Å². The lowest BCUT2D eigenvalue weighted by atomic mass is 10.1. The van der Waals surface area contributed by atoms with Crippen molar-refractivity contribution in [3.05, 3.63) is 18.2 Å². The number of anilines is 1. The summed E-state index contributed by atoms with van der Waals surface area (Å²) in [4.78, 5) is 9.07. The van der Waals surface area contributed by atoms with Crippen molar-refractivity contribution in [1.29, 1.82) is 0 Å². The van der Waals surface area contributed by atoms with E-state index in [1.807, 2.05) is 6.07 Å². The number of nitrogens with zero attached hydrogens (tertiary/aromatic N) is 3. The highest BCUT2D eigenvalue weighted by Crippen LogP contribution is 2.31. The molecule has 1 fully saturated rings. The number of ether oxygens (including phenoxy) is 2. The van der Waals surface area contributed by atoms with Crippen LogP contribution in [0.2, 0.25) is 0 Å². The van der Waals surface area contributed by atoms with Gasteiger partial charge in [-0.15, -0.1) is 0 Å². The van der Waals surface area contributed by atoms with Crippen LogP contribution in [0.4, 0.5) is 5.69 Å². The van der Waals surface area contributed by atoms with Crippen molar-refractivity contribution in [2.75, 3.05) is 58.9 Å². The van der Waals surface area contributed by atoms with Gasteiger partial charge in [0.05, 0.1) is 20.8 Å². The number of nitrogens with one attached hydrogen (secondary N) is 1. The van der Waals surface area contributed by atoms with E-state index in [2.05, 4.69) is 39.3 Å². The molecule has 0 saturated carbocycles. The van der Waals surface area contributed by atoms with Crippen LogP contribution in [-0.4, -0.2) is 64.9 Å². The zero-order valence-corrected chi connectivity index (χ0v) is 14.2. The van der Waals surface area contributed by atoms with Crippen LogP contribution in [-0.2, 0) is 0 Å². The fourth-order valence-electron chi connectivity index (χ4n) is 3.17. The molecule has 6 heteroatoms. The molecular formula is C17H26N4O2. The number of aliphatic imine (C=N–C) groups is 1. The van der Waals surface area contributed by atoms with Gasteiger partial charge in [0.15, 0.2) is 5.96 Å². The Bertz CT molecular complexity index is 553. The zero-order valence-electron chi connectivity index (χ0n) is 14.2. The van der Waals surface area contributed by atoms with Crippen LogP contribution >= 0.6 is 0 Å². The zero-order chi connectivity index (χ0) is 16.2. The Morgan fingerprint density at radius 1 is 1.17 bits per heavy atom. The van der Waals surface area contributed by atoms with Crippen LogP contribution in [0.1, 0.15) is 6.42 Å². The highest BCUT2D eigenvalue weighted by molar-refractivity contribution is 5.81. The lowest BCUT2D eigenvalue weighted by molar-refractivity contribution is 0.394. The predicted octanol–water partition coefficient (Wildman–Crippen LogP) is 1.42. The molecule has 0 spiro atoms. The van der Waals surface area contributed by atoms with Gasteiger partial charge in [0, 0.05) is 57.1 Å². The number of guanidine groups is 1. The van der Waals surface area contributed by atoms with E-state index in [4.69, 9.17) is 9.47 Å². The minimum absolute atomic E-state index is 0.629. The summed E-state index contributed by atoms with van der Waals surface area (Å²) in [5.41, 5.74) is 1.17. The van der Waals surface area contributed by atoms with Crippen LogP contribution < -0.4 is 19.7 Å². The van der Waals surface area contributed by atoms with Crippen LogP contribution in [0, 0.1) is 5.92 Å². The van der Waals surface area contributed by atoms with E-state index in [0.717, 1.165) is 50.2 Å². The summed E-state index contributed by atoms with van der Waals surface area (Å²) in [6, 6.07) is 6.06. The second-order valence-electron chi connectivity index (χ2n) is 6.18. The Morgan fingerprint density at radius 3 is 2.52 bits per heavy atom. The molecule has 0 bridgehead atoms. The molecule has 3 rings (SSSR count). The Labute approximate surface area is 138 Å². The molecule has 2 heterocycles. The molecule has 1 atom stereocenters. The molecule has 1 N–H and O–H groups in total. The van der Waals surface area contributed by atoms with Crippen molar-refractivity contribution in [2.24, 2.45) is 10.9 Å². The van der Waals surface area contributed by atoms with Crippen molar-refractivity contribution in [1.82, 2.24) is 10.2 Å². The van der Waals surface area contributed by atoms with Gasteiger partial charge in [0.1, 0.15) is 11.5 Å². The molecule has 2 aliphatic rings. The molecular weight excluding hydrogens is 292 g/mol. The molecule has 0 radical (unpaired) electrons. The Kier molecular flexibility index (Phi) is 4.79. The van der Waals surface area contributed by atoms with Crippen LogP contribution in [0.15, 0.2) is 23.2 Å². The summed E-state index contributed by atoms with van der Waals surface area (Å²) >= 11 is 0. The van der Waals surface area contributed by atoms with Gasteiger partial charge in [-0.1, -0.05) is 0 Å². The quantitative estimate of drug-likeness (QED) is 0.890. The number of hydrogen-bond donors (Lipinski definition) is 1. The van der Waals surface area contributed by atoms with Crippen molar-refractivity contribution >= 4 is 11.6 Å². The SMILES string of the molecule is COc1cc(OC)cc(N2CCC(CNC3=NCCN3C)C2)c1. The highest BCUT2D eigenvalue weighted by atomic mass is 16.5. The second kappa shape index (κ2) is 6.98. The first-order valence-electron chi connectivity index (χ1n) is 8.17. The summed E-state index contributed by atoms with van der Waals surface area (Å²) in [5.74, 6) is 3.33. The maximum Gasteiger partial charge on any atom is 0.193 e. The minimum Gasteiger partial charge on any atom is -0.497 e. The van der Waals surface area contributed by atoms with E-state index >= 15 is 0 Å². The molecule has 2 aliphatic heterocycles. The number of hydrogen-bond acceptors (Lipinski definition) is 6. The average Bonchev–Trinajstić information content (AvgIpc) is 3.21. The van der Waals surface area contributed by atoms with E-state index in [0.29, 0.717) is 5.92 Å². The van der Waals surface area contributed by atoms with Gasteiger partial charge in [0.25, 0.3) is 0 Å². The lowest BCUT2D eigenvalue weighted by Gasteiger charge is -2.21. The molecule has 23 heavy (non-hydrogen) atoms. The number of methoxy groups -OCH3 is 2. The van der Waals surface area contributed by atoms with Crippen molar-refractivity contribution in [2.45, 2.75) is 6.42 Å². The largest absolute Gasteiger partial charge is 0.497 e. The van der Waals surface area contributed by atoms with Gasteiger partial charge in [-0.25, -0.2) is 0 Å². The molecule has 1 aromatic rings. The summed E-state index contributed by atoms with van der Waals surface area (Å²) in [7, 11) is 5.46. The molecule has 6 nitrogen and oxygen atoms in total. The standard InChI is InChI=1S/C17H26N4O2/c1-20-7-5-18-17(20)19-11-13-4-6-21(12-13)14-8-15(22-2)10-16(9-14)23-3/h8-10,13H,4-7,11-12H2,1-3H3,(H,18,19). The molecule has 1 aromatic carbocycles. The Morgan fingerprint density at radius 2 is 1.91 bits per heavy atom. The van der Waals surface area contributed by atoms with Crippen molar-refractivity contribution in [3.63, 3.8) is 0 Å². The van der Waals surface area contributed by atoms with Gasteiger partial charge >= 0.3 is 0 Å². The third-order valence-electron chi connectivity index (χ3n) is 4.59. The van der Waals surface area contributed by atoms with E-state index < -0.39 is 0 Å². The van der Waals surface area contributed by atoms with Gasteiger partial charge in [-0.2, -0.15) is 0 Å². The molecule has 0 amide bonds. The van der Waals surface area contributed by atoms with Gasteiger partial charge in [-0.3, -0.25) is 4.99 Å². The van der Waals surface area contributed by atoms with Crippen LogP contribution in [0.3, 0.4) is 0 Å². The summed E-state index contributed by atoms with van der Waals surface area (Å²) in [6.45, 7) is 4.99. The third kappa shape index (κ3) is 3.63. The molecule has 126 valence electrons. The monoisotopic (exact) mass is 318 g/mol. The summed E-state index contributed by atoms with van der Waals surface area (Å²) in [5, 5.41) is 3.49. The summed E-state index contributed by atoms with van der Waals surface area (Å²) in [6.07, 6.45) is 1.18. The molecule has 0 aliphatic carbocycles. The first-order valence-corrected chi connectivity index (χ1v) is 8.17. The highest BCUT2D eigenvalue weighted by Gasteiger charge is 2.24. The number of rotatable bonds is 5. The number of likely N-dealkylation sites (N-methyl/N-ethyl adjacent to an activating group) is 1. The Hall–Kier alpha value is -2.11. The topological polar surface area (TPSA) is 49.3 Å². The Balaban J connectivity index is 1.59. The fraction of sp³-hybridized carbons (Fsp3) is 0.588. The van der Waals surface area contributed by atoms with Crippen molar-refractivity contribution < 1.29 is 9.47 Å². The fourth-order valence-corrected chi connectivity index (χ4v) is 3.17. The normalized spacial score (nSPS) is 20.7. The molecule has 1 saturated heterocycles. The first kappa shape index (κ1) is 15.8. The third-order valence-corrected chi connectivity index (χ3v) is 4.59. The average molecular weight is 318 g/mol. The van der Waals surface area contributed by atoms with E-state index in [1.165, 1.54) is 12.1 Å². The maximum absolute atomic E-state index is 5.37. The smallest absolute Gasteiger partial charge is 0.193 e. The lowest BCUT2D eigenvalue weighted by Crippen LogP contribution is -2.38. The van der Waals surface area contributed by atoms with Gasteiger partial charge in [-0.05, 0) is 12.3 Å². The predicted molar refractivity (Wildman–Crippen MR) is 92.8 cm³/mol. The second-order valence-corrected chi connectivity index (χ2v) is 6.18. The van der Waals surface area contributed by atoms with Gasteiger partial charge in [0.2, 0.25) is 0 Å². The van der Waals surface area contributed by atoms with E-state index in [-0.39, 0.29) is 0 Å². The summed E-state index contributed by atoms with van der Waals surface area (Å²) < 4.78 is 10.7. The molecule has 1 unspecified atom stereocenters. The molecule has 0 aromatic heterocycles. The maximum atomic E-state index is 5.37. The first-order chi connectivity index (χ1) is 11.2. The van der Waals surface area contributed by atoms with E-state index in [9.17, 15) is 0 Å². The number of benzene rings is 1. The van der Waals surface area contributed by atoms with Crippen LogP contribution in [0.5, 0.6) is 11.5 Å². The van der Waals surface area contributed by atoms with Crippen LogP contribution in [0.25, 0.3) is 0 Å². The van der Waals surface area contributed by atoms with E-state index in [1.54, 1.807) is 14.2 Å². The van der Waals surface area contributed by atoms with Crippen molar-refractivity contribution in [3.8, 4) is 11.5 Å². The minimum atomic E-state index is 0.629.